The Morgan fingerprint density at radius 3 is 2.52 bits per heavy atom. The third kappa shape index (κ3) is 4.01. The van der Waals surface area contributed by atoms with Crippen molar-refractivity contribution in [3.05, 3.63) is 100 Å². The van der Waals surface area contributed by atoms with E-state index in [1.807, 2.05) is 30.3 Å². The SMILES string of the molecule is [C-]#[N+]c1cccc(-c2ccc(=O)n(Cc3cccc(-c4ncc(O)cn4)c3)n2)c1. The Hall–Kier alpha value is -4.31. The van der Waals surface area contributed by atoms with Crippen molar-refractivity contribution in [3.63, 3.8) is 0 Å². The van der Waals surface area contributed by atoms with Crippen molar-refractivity contribution in [2.45, 2.75) is 6.54 Å². The second kappa shape index (κ2) is 7.74. The number of aromatic nitrogens is 4. The molecule has 29 heavy (non-hydrogen) atoms. The largest absolute Gasteiger partial charge is 0.505 e. The highest BCUT2D eigenvalue weighted by atomic mass is 16.3. The molecule has 1 N–H and O–H groups in total. The molecule has 2 aromatic heterocycles. The van der Waals surface area contributed by atoms with Crippen molar-refractivity contribution in [1.29, 1.82) is 0 Å². The van der Waals surface area contributed by atoms with Crippen LogP contribution in [0.1, 0.15) is 5.56 Å². The van der Waals surface area contributed by atoms with Crippen molar-refractivity contribution >= 4 is 5.69 Å². The smallest absolute Gasteiger partial charge is 0.267 e. The topological polar surface area (TPSA) is 85.3 Å². The molecule has 0 atom stereocenters. The zero-order valence-electron chi connectivity index (χ0n) is 15.2. The maximum atomic E-state index is 12.3. The number of nitrogens with zero attached hydrogens (tertiary/aromatic N) is 5. The minimum Gasteiger partial charge on any atom is -0.505 e. The van der Waals surface area contributed by atoms with Gasteiger partial charge in [-0.15, -0.1) is 0 Å². The summed E-state index contributed by atoms with van der Waals surface area (Å²) < 4.78 is 1.39. The summed E-state index contributed by atoms with van der Waals surface area (Å²) in [5.74, 6) is 0.481. The van der Waals surface area contributed by atoms with E-state index < -0.39 is 0 Å². The van der Waals surface area contributed by atoms with Crippen LogP contribution >= 0.6 is 0 Å². The van der Waals surface area contributed by atoms with Gasteiger partial charge >= 0.3 is 0 Å². The molecule has 4 rings (SSSR count). The lowest BCUT2D eigenvalue weighted by atomic mass is 10.1. The van der Waals surface area contributed by atoms with Crippen LogP contribution in [0.5, 0.6) is 5.75 Å². The normalized spacial score (nSPS) is 10.4. The second-order valence-electron chi connectivity index (χ2n) is 6.34. The van der Waals surface area contributed by atoms with Gasteiger partial charge in [0.15, 0.2) is 17.3 Å². The lowest BCUT2D eigenvalue weighted by molar-refractivity contribution is 0.470. The molecule has 2 heterocycles. The summed E-state index contributed by atoms with van der Waals surface area (Å²) >= 11 is 0. The van der Waals surface area contributed by atoms with Gasteiger partial charge in [0.2, 0.25) is 0 Å². The van der Waals surface area contributed by atoms with Crippen LogP contribution in [0.25, 0.3) is 27.5 Å². The van der Waals surface area contributed by atoms with Crippen LogP contribution in [0, 0.1) is 6.57 Å². The van der Waals surface area contributed by atoms with Crippen LogP contribution in [-0.4, -0.2) is 24.9 Å². The summed E-state index contributed by atoms with van der Waals surface area (Å²) in [5.41, 5.74) is 3.33. The molecule has 2 aromatic carbocycles. The first-order chi connectivity index (χ1) is 14.1. The Labute approximate surface area is 166 Å². The molecule has 4 aromatic rings. The molecule has 0 fully saturated rings. The lowest BCUT2D eigenvalue weighted by Gasteiger charge is -2.09. The average Bonchev–Trinajstić information content (AvgIpc) is 2.76. The van der Waals surface area contributed by atoms with Crippen LogP contribution in [0.15, 0.2) is 77.9 Å². The molecule has 0 aliphatic carbocycles. The minimum atomic E-state index is -0.221. The van der Waals surface area contributed by atoms with E-state index in [0.717, 1.165) is 16.7 Å². The maximum absolute atomic E-state index is 12.3. The highest BCUT2D eigenvalue weighted by molar-refractivity contribution is 5.65. The molecule has 0 amide bonds. The fraction of sp³-hybridized carbons (Fsp3) is 0.0455. The van der Waals surface area contributed by atoms with E-state index in [0.29, 0.717) is 17.2 Å². The summed E-state index contributed by atoms with van der Waals surface area (Å²) in [4.78, 5) is 24.0. The molecule has 0 bridgehead atoms. The van der Waals surface area contributed by atoms with E-state index >= 15 is 0 Å². The van der Waals surface area contributed by atoms with Crippen LogP contribution in [0.2, 0.25) is 0 Å². The molecule has 0 saturated carbocycles. The third-order valence-corrected chi connectivity index (χ3v) is 4.29. The van der Waals surface area contributed by atoms with Crippen LogP contribution in [-0.2, 0) is 6.54 Å². The van der Waals surface area contributed by atoms with Crippen LogP contribution in [0.3, 0.4) is 0 Å². The molecular formula is C22H15N5O2. The standard InChI is InChI=1S/C22H15N5O2/c1-23-18-7-3-5-16(11-18)20-8-9-21(29)27(26-20)14-15-4-2-6-17(10-15)22-24-12-19(28)13-25-22/h2-13,28H,14H2. The van der Waals surface area contributed by atoms with Crippen molar-refractivity contribution in [2.75, 3.05) is 0 Å². The number of rotatable bonds is 4. The van der Waals surface area contributed by atoms with Gasteiger partial charge in [0.1, 0.15) is 0 Å². The zero-order chi connectivity index (χ0) is 20.2. The van der Waals surface area contributed by atoms with E-state index in [2.05, 4.69) is 19.9 Å². The molecule has 140 valence electrons. The predicted molar refractivity (Wildman–Crippen MR) is 108 cm³/mol. The van der Waals surface area contributed by atoms with Gasteiger partial charge in [-0.25, -0.2) is 19.5 Å². The van der Waals surface area contributed by atoms with Crippen LogP contribution in [0.4, 0.5) is 5.69 Å². The first kappa shape index (κ1) is 18.1. The number of benzene rings is 2. The van der Waals surface area contributed by atoms with Gasteiger partial charge in [0.05, 0.1) is 31.2 Å². The molecule has 0 unspecified atom stereocenters. The fourth-order valence-corrected chi connectivity index (χ4v) is 2.90. The van der Waals surface area contributed by atoms with Crippen LogP contribution < -0.4 is 5.56 Å². The molecule has 0 aliphatic rings. The van der Waals surface area contributed by atoms with Gasteiger partial charge in [-0.2, -0.15) is 5.10 Å². The van der Waals surface area contributed by atoms with Crippen molar-refractivity contribution in [1.82, 2.24) is 19.7 Å². The Bertz CT molecular complexity index is 1270. The molecule has 7 nitrogen and oxygen atoms in total. The van der Waals surface area contributed by atoms with E-state index in [4.69, 9.17) is 6.57 Å². The highest BCUT2D eigenvalue weighted by Crippen LogP contribution is 2.22. The minimum absolute atomic E-state index is 0.000224. The third-order valence-electron chi connectivity index (χ3n) is 4.29. The summed E-state index contributed by atoms with van der Waals surface area (Å²) in [6.45, 7) is 7.43. The number of aromatic hydroxyl groups is 1. The predicted octanol–water partition coefficient (Wildman–Crippen LogP) is 3.67. The Kier molecular flexibility index (Phi) is 4.82. The lowest BCUT2D eigenvalue weighted by Crippen LogP contribution is -2.22. The molecule has 0 saturated heterocycles. The van der Waals surface area contributed by atoms with Crippen molar-refractivity contribution in [2.24, 2.45) is 0 Å². The average molecular weight is 381 g/mol. The van der Waals surface area contributed by atoms with E-state index in [9.17, 15) is 9.90 Å². The summed E-state index contributed by atoms with van der Waals surface area (Å²) in [6, 6.07) is 17.7. The number of hydrogen-bond acceptors (Lipinski definition) is 5. The van der Waals surface area contributed by atoms with E-state index in [1.165, 1.54) is 23.1 Å². The molecule has 0 aliphatic heterocycles. The molecule has 0 spiro atoms. The molecular weight excluding hydrogens is 366 g/mol. The monoisotopic (exact) mass is 381 g/mol. The van der Waals surface area contributed by atoms with Crippen molar-refractivity contribution in [3.8, 4) is 28.4 Å². The van der Waals surface area contributed by atoms with Gasteiger partial charge in [-0.3, -0.25) is 4.79 Å². The van der Waals surface area contributed by atoms with Crippen molar-refractivity contribution < 1.29 is 5.11 Å². The highest BCUT2D eigenvalue weighted by Gasteiger charge is 2.07. The first-order valence-corrected chi connectivity index (χ1v) is 8.79. The summed E-state index contributed by atoms with van der Waals surface area (Å²) in [5, 5.41) is 13.8. The zero-order valence-corrected chi connectivity index (χ0v) is 15.2. The molecule has 7 heteroatoms. The second-order valence-corrected chi connectivity index (χ2v) is 6.34. The first-order valence-electron chi connectivity index (χ1n) is 8.79. The quantitative estimate of drug-likeness (QED) is 0.545. The fourth-order valence-electron chi connectivity index (χ4n) is 2.90. The van der Waals surface area contributed by atoms with Gasteiger partial charge in [0, 0.05) is 11.6 Å². The van der Waals surface area contributed by atoms with Gasteiger partial charge in [-0.05, 0) is 29.3 Å². The summed E-state index contributed by atoms with van der Waals surface area (Å²) in [6.07, 6.45) is 2.67. The number of hydrogen-bond donors (Lipinski definition) is 1. The molecule has 0 radical (unpaired) electrons. The Balaban J connectivity index is 1.66. The van der Waals surface area contributed by atoms with E-state index in [1.54, 1.807) is 24.3 Å². The summed E-state index contributed by atoms with van der Waals surface area (Å²) in [7, 11) is 0. The Morgan fingerprint density at radius 2 is 1.72 bits per heavy atom. The van der Waals surface area contributed by atoms with Gasteiger partial charge < -0.3 is 5.11 Å². The van der Waals surface area contributed by atoms with Gasteiger partial charge in [-0.1, -0.05) is 36.4 Å². The van der Waals surface area contributed by atoms with Gasteiger partial charge in [0.25, 0.3) is 5.56 Å². The maximum Gasteiger partial charge on any atom is 0.267 e. The Morgan fingerprint density at radius 1 is 0.966 bits per heavy atom. The van der Waals surface area contributed by atoms with E-state index in [-0.39, 0.29) is 17.9 Å².